The summed E-state index contributed by atoms with van der Waals surface area (Å²) in [4.78, 5) is 41.6. The first-order valence-electron chi connectivity index (χ1n) is 10.4. The zero-order valence-electron chi connectivity index (χ0n) is 19.3. The number of esters is 2. The smallest absolute Gasteiger partial charge is 0.411 e. The van der Waals surface area contributed by atoms with E-state index >= 15 is 0 Å². The average molecular weight is 453 g/mol. The Morgan fingerprint density at radius 1 is 1.09 bits per heavy atom. The van der Waals surface area contributed by atoms with Gasteiger partial charge in [0.05, 0.1) is 18.2 Å². The third-order valence-corrected chi connectivity index (χ3v) is 4.62. The van der Waals surface area contributed by atoms with Crippen LogP contribution in [0.25, 0.3) is 11.0 Å². The Labute approximate surface area is 191 Å². The van der Waals surface area contributed by atoms with Crippen LogP contribution in [-0.4, -0.2) is 40.3 Å². The number of benzene rings is 2. The van der Waals surface area contributed by atoms with E-state index in [1.807, 2.05) is 30.3 Å². The highest BCUT2D eigenvalue weighted by Crippen LogP contribution is 2.26. The van der Waals surface area contributed by atoms with Gasteiger partial charge in [0, 0.05) is 5.69 Å². The van der Waals surface area contributed by atoms with Gasteiger partial charge < -0.3 is 18.8 Å². The number of nitrogens with zero attached hydrogens (tertiary/aromatic N) is 2. The number of imidazole rings is 1. The second-order valence-corrected chi connectivity index (χ2v) is 8.40. The van der Waals surface area contributed by atoms with Gasteiger partial charge in [-0.2, -0.15) is 0 Å². The van der Waals surface area contributed by atoms with Gasteiger partial charge in [-0.1, -0.05) is 30.3 Å². The maximum atomic E-state index is 12.4. The Morgan fingerprint density at radius 3 is 2.42 bits per heavy atom. The second-order valence-electron chi connectivity index (χ2n) is 8.40. The highest BCUT2D eigenvalue weighted by atomic mass is 16.6. The number of rotatable bonds is 6. The number of methoxy groups -OCH3 is 1. The lowest BCUT2D eigenvalue weighted by Crippen LogP contribution is -2.26. The van der Waals surface area contributed by atoms with Crippen molar-refractivity contribution in [1.29, 1.82) is 0 Å². The van der Waals surface area contributed by atoms with Crippen LogP contribution in [0.4, 0.5) is 10.5 Å². The molecule has 0 aliphatic rings. The number of hydrogen-bond donors (Lipinski definition) is 1. The third-order valence-electron chi connectivity index (χ3n) is 4.62. The van der Waals surface area contributed by atoms with Gasteiger partial charge in [-0.25, -0.2) is 14.6 Å². The summed E-state index contributed by atoms with van der Waals surface area (Å²) in [6.07, 6.45) is -0.691. The predicted molar refractivity (Wildman–Crippen MR) is 122 cm³/mol. The van der Waals surface area contributed by atoms with Gasteiger partial charge in [-0.15, -0.1) is 0 Å². The fourth-order valence-electron chi connectivity index (χ4n) is 3.26. The molecule has 0 aliphatic carbocycles. The molecule has 174 valence electrons. The fourth-order valence-corrected chi connectivity index (χ4v) is 3.26. The average Bonchev–Trinajstić information content (AvgIpc) is 3.05. The van der Waals surface area contributed by atoms with Crippen molar-refractivity contribution in [3.8, 4) is 0 Å². The number of nitrogens with one attached hydrogen (secondary N) is 1. The molecule has 0 fully saturated rings. The topological polar surface area (TPSA) is 109 Å². The van der Waals surface area contributed by atoms with Gasteiger partial charge in [0.1, 0.15) is 30.1 Å². The molecule has 33 heavy (non-hydrogen) atoms. The van der Waals surface area contributed by atoms with E-state index in [0.29, 0.717) is 22.5 Å². The number of fused-ring (bicyclic) bond motifs is 1. The lowest BCUT2D eigenvalue weighted by atomic mass is 10.1. The predicted octanol–water partition coefficient (Wildman–Crippen LogP) is 4.22. The number of hydrogen-bond acceptors (Lipinski definition) is 7. The zero-order valence-corrected chi connectivity index (χ0v) is 19.3. The van der Waals surface area contributed by atoms with E-state index in [0.717, 1.165) is 5.56 Å². The van der Waals surface area contributed by atoms with E-state index < -0.39 is 23.6 Å². The lowest BCUT2D eigenvalue weighted by molar-refractivity contribution is -0.155. The van der Waals surface area contributed by atoms with Crippen molar-refractivity contribution >= 4 is 34.8 Å². The Balaban J connectivity index is 1.90. The number of carbonyl (C=O) groups is 3. The minimum absolute atomic E-state index is 0.0917. The summed E-state index contributed by atoms with van der Waals surface area (Å²) in [5, 5.41) is 2.63. The molecule has 1 aromatic heterocycles. The van der Waals surface area contributed by atoms with Crippen LogP contribution in [0.2, 0.25) is 0 Å². The van der Waals surface area contributed by atoms with E-state index in [9.17, 15) is 14.4 Å². The molecule has 3 rings (SSSR count). The quantitative estimate of drug-likeness (QED) is 0.440. The molecule has 2 aromatic carbocycles. The van der Waals surface area contributed by atoms with Crippen LogP contribution < -0.4 is 5.32 Å². The minimum atomic E-state index is -0.691. The molecular weight excluding hydrogens is 426 g/mol. The van der Waals surface area contributed by atoms with Crippen molar-refractivity contribution < 1.29 is 28.6 Å². The van der Waals surface area contributed by atoms with Crippen LogP contribution in [0, 0.1) is 6.92 Å². The normalized spacial score (nSPS) is 11.2. The Hall–Kier alpha value is -3.88. The van der Waals surface area contributed by atoms with Crippen molar-refractivity contribution in [2.45, 2.75) is 46.4 Å². The fraction of sp³-hybridized carbons (Fsp3) is 0.333. The van der Waals surface area contributed by atoms with Crippen LogP contribution >= 0.6 is 0 Å². The molecule has 0 spiro atoms. The van der Waals surface area contributed by atoms with E-state index in [2.05, 4.69) is 10.3 Å². The molecule has 3 aromatic rings. The van der Waals surface area contributed by atoms with Crippen molar-refractivity contribution in [2.24, 2.45) is 0 Å². The Kier molecular flexibility index (Phi) is 7.01. The standard InChI is InChI=1S/C24H27N3O6/c1-15-25-21-18(22(29)31-5)11-17(26-23(30)32-14-16-9-7-6-8-10-16)12-19(21)27(15)13-20(28)33-24(2,3)4/h6-12H,13-14H2,1-5H3,(H,26,30). The second kappa shape index (κ2) is 9.72. The SMILES string of the molecule is COC(=O)c1cc(NC(=O)OCc2ccccc2)cc2c1nc(C)n2CC(=O)OC(C)(C)C. The maximum Gasteiger partial charge on any atom is 0.411 e. The third kappa shape index (κ3) is 6.09. The molecule has 1 amide bonds. The van der Waals surface area contributed by atoms with Crippen molar-refractivity contribution in [3.05, 3.63) is 59.4 Å². The van der Waals surface area contributed by atoms with Gasteiger partial charge in [0.25, 0.3) is 0 Å². The number of anilines is 1. The zero-order chi connectivity index (χ0) is 24.2. The summed E-state index contributed by atoms with van der Waals surface area (Å²) in [5.74, 6) is -0.571. The molecule has 9 heteroatoms. The van der Waals surface area contributed by atoms with Crippen LogP contribution in [0.15, 0.2) is 42.5 Å². The van der Waals surface area contributed by atoms with Crippen LogP contribution in [0.5, 0.6) is 0 Å². The summed E-state index contributed by atoms with van der Waals surface area (Å²) in [6, 6.07) is 12.3. The summed E-state index contributed by atoms with van der Waals surface area (Å²) in [6.45, 7) is 7.04. The molecule has 1 N–H and O–H groups in total. The summed E-state index contributed by atoms with van der Waals surface area (Å²) >= 11 is 0. The summed E-state index contributed by atoms with van der Waals surface area (Å²) < 4.78 is 17.2. The first-order valence-corrected chi connectivity index (χ1v) is 10.4. The van der Waals surface area contributed by atoms with Crippen LogP contribution in [0.1, 0.15) is 42.5 Å². The van der Waals surface area contributed by atoms with Crippen molar-refractivity contribution in [1.82, 2.24) is 9.55 Å². The first-order chi connectivity index (χ1) is 15.6. The van der Waals surface area contributed by atoms with Gasteiger partial charge >= 0.3 is 18.0 Å². The number of aromatic nitrogens is 2. The largest absolute Gasteiger partial charge is 0.465 e. The van der Waals surface area contributed by atoms with E-state index in [-0.39, 0.29) is 18.7 Å². The molecular formula is C24H27N3O6. The van der Waals surface area contributed by atoms with Crippen molar-refractivity contribution in [2.75, 3.05) is 12.4 Å². The minimum Gasteiger partial charge on any atom is -0.465 e. The van der Waals surface area contributed by atoms with Crippen LogP contribution in [-0.2, 0) is 32.2 Å². The van der Waals surface area contributed by atoms with Gasteiger partial charge in [0.2, 0.25) is 0 Å². The van der Waals surface area contributed by atoms with Crippen LogP contribution in [0.3, 0.4) is 0 Å². The summed E-state index contributed by atoms with van der Waals surface area (Å²) in [7, 11) is 1.26. The number of ether oxygens (including phenoxy) is 3. The monoisotopic (exact) mass is 453 g/mol. The molecule has 1 heterocycles. The lowest BCUT2D eigenvalue weighted by Gasteiger charge is -2.20. The number of aryl methyl sites for hydroxylation is 1. The van der Waals surface area contributed by atoms with Crippen molar-refractivity contribution in [3.63, 3.8) is 0 Å². The Bertz CT molecular complexity index is 1180. The molecule has 0 unspecified atom stereocenters. The van der Waals surface area contributed by atoms with Gasteiger partial charge in [-0.3, -0.25) is 10.1 Å². The molecule has 0 bridgehead atoms. The van der Waals surface area contributed by atoms with E-state index in [1.165, 1.54) is 13.2 Å². The van der Waals surface area contributed by atoms with E-state index in [1.54, 1.807) is 38.3 Å². The highest BCUT2D eigenvalue weighted by molar-refractivity contribution is 6.05. The van der Waals surface area contributed by atoms with Gasteiger partial charge in [-0.05, 0) is 45.4 Å². The Morgan fingerprint density at radius 2 is 1.79 bits per heavy atom. The molecule has 0 atom stereocenters. The molecule has 0 aliphatic heterocycles. The number of carbonyl (C=O) groups excluding carboxylic acids is 3. The molecule has 0 saturated heterocycles. The van der Waals surface area contributed by atoms with E-state index in [4.69, 9.17) is 14.2 Å². The number of amides is 1. The maximum absolute atomic E-state index is 12.4. The van der Waals surface area contributed by atoms with Gasteiger partial charge in [0.15, 0.2) is 0 Å². The summed E-state index contributed by atoms with van der Waals surface area (Å²) in [5.41, 5.74) is 1.47. The first kappa shape index (κ1) is 23.8. The highest BCUT2D eigenvalue weighted by Gasteiger charge is 2.22. The molecule has 9 nitrogen and oxygen atoms in total. The molecule has 0 radical (unpaired) electrons. The molecule has 0 saturated carbocycles.